The SMILES string of the molecule is CO[C@@H]1CN([C@H](C)C(=O)O)C[C@H]1n1cccn1. The average molecular weight is 239 g/mol. The zero-order chi connectivity index (χ0) is 12.4. The Balaban J connectivity index is 2.11. The summed E-state index contributed by atoms with van der Waals surface area (Å²) in [6.07, 6.45) is 3.58. The Bertz CT molecular complexity index is 379. The molecule has 0 aliphatic carbocycles. The van der Waals surface area contributed by atoms with Crippen LogP contribution in [0.15, 0.2) is 18.5 Å². The van der Waals surface area contributed by atoms with E-state index >= 15 is 0 Å². The predicted molar refractivity (Wildman–Crippen MR) is 60.7 cm³/mol. The van der Waals surface area contributed by atoms with Gasteiger partial charge in [-0.15, -0.1) is 0 Å². The second-order valence-electron chi connectivity index (χ2n) is 4.30. The molecule has 6 heteroatoms. The van der Waals surface area contributed by atoms with Crippen LogP contribution in [-0.4, -0.2) is 58.1 Å². The average Bonchev–Trinajstić information content (AvgIpc) is 2.95. The van der Waals surface area contributed by atoms with E-state index in [1.165, 1.54) is 0 Å². The summed E-state index contributed by atoms with van der Waals surface area (Å²) in [7, 11) is 1.65. The van der Waals surface area contributed by atoms with E-state index in [1.54, 1.807) is 20.2 Å². The number of methoxy groups -OCH3 is 1. The van der Waals surface area contributed by atoms with Crippen molar-refractivity contribution in [3.05, 3.63) is 18.5 Å². The molecule has 2 rings (SSSR count). The van der Waals surface area contributed by atoms with Crippen LogP contribution in [-0.2, 0) is 9.53 Å². The highest BCUT2D eigenvalue weighted by Gasteiger charge is 2.38. The van der Waals surface area contributed by atoms with Crippen molar-refractivity contribution in [2.45, 2.75) is 25.1 Å². The number of aromatic nitrogens is 2. The zero-order valence-electron chi connectivity index (χ0n) is 9.98. The molecule has 0 saturated carbocycles. The molecular formula is C11H17N3O3. The van der Waals surface area contributed by atoms with E-state index in [1.807, 2.05) is 21.8 Å². The lowest BCUT2D eigenvalue weighted by atomic mass is 10.2. The summed E-state index contributed by atoms with van der Waals surface area (Å²) in [5.41, 5.74) is 0. The number of carboxylic acids is 1. The topological polar surface area (TPSA) is 67.6 Å². The number of aliphatic carboxylic acids is 1. The van der Waals surface area contributed by atoms with Crippen LogP contribution in [0.25, 0.3) is 0 Å². The fourth-order valence-corrected chi connectivity index (χ4v) is 2.22. The summed E-state index contributed by atoms with van der Waals surface area (Å²) >= 11 is 0. The molecule has 3 atom stereocenters. The van der Waals surface area contributed by atoms with E-state index in [0.717, 1.165) is 0 Å². The molecule has 1 aliphatic heterocycles. The molecular weight excluding hydrogens is 222 g/mol. The van der Waals surface area contributed by atoms with Crippen molar-refractivity contribution in [2.75, 3.05) is 20.2 Å². The van der Waals surface area contributed by atoms with E-state index in [0.29, 0.717) is 13.1 Å². The van der Waals surface area contributed by atoms with Gasteiger partial charge in [0.15, 0.2) is 0 Å². The minimum absolute atomic E-state index is 0.0169. The zero-order valence-corrected chi connectivity index (χ0v) is 9.98. The molecule has 94 valence electrons. The first kappa shape index (κ1) is 12.1. The Kier molecular flexibility index (Phi) is 3.44. The Morgan fingerprint density at radius 1 is 1.59 bits per heavy atom. The molecule has 0 spiro atoms. The second kappa shape index (κ2) is 4.85. The molecule has 1 aliphatic rings. The van der Waals surface area contributed by atoms with Gasteiger partial charge in [-0.3, -0.25) is 14.4 Å². The number of carbonyl (C=O) groups is 1. The third kappa shape index (κ3) is 2.32. The quantitative estimate of drug-likeness (QED) is 0.814. The van der Waals surface area contributed by atoms with E-state index in [-0.39, 0.29) is 12.1 Å². The lowest BCUT2D eigenvalue weighted by Crippen LogP contribution is -2.37. The largest absolute Gasteiger partial charge is 0.480 e. The molecule has 0 bridgehead atoms. The molecule has 1 aromatic rings. The monoisotopic (exact) mass is 239 g/mol. The minimum atomic E-state index is -0.805. The Hall–Kier alpha value is -1.40. The van der Waals surface area contributed by atoms with Crippen molar-refractivity contribution >= 4 is 5.97 Å². The lowest BCUT2D eigenvalue weighted by Gasteiger charge is -2.19. The highest BCUT2D eigenvalue weighted by Crippen LogP contribution is 2.25. The maximum absolute atomic E-state index is 11.0. The Labute approximate surface area is 99.8 Å². The number of likely N-dealkylation sites (tertiary alicyclic amines) is 1. The van der Waals surface area contributed by atoms with Crippen molar-refractivity contribution in [3.8, 4) is 0 Å². The van der Waals surface area contributed by atoms with Gasteiger partial charge in [0, 0.05) is 32.6 Å². The Morgan fingerprint density at radius 3 is 2.88 bits per heavy atom. The molecule has 0 radical (unpaired) electrons. The third-order valence-electron chi connectivity index (χ3n) is 3.34. The molecule has 0 unspecified atom stereocenters. The summed E-state index contributed by atoms with van der Waals surface area (Å²) < 4.78 is 7.25. The van der Waals surface area contributed by atoms with E-state index in [2.05, 4.69) is 5.10 Å². The van der Waals surface area contributed by atoms with Crippen LogP contribution in [0.5, 0.6) is 0 Å². The number of rotatable bonds is 4. The Morgan fingerprint density at radius 2 is 2.35 bits per heavy atom. The maximum atomic E-state index is 11.0. The maximum Gasteiger partial charge on any atom is 0.320 e. The van der Waals surface area contributed by atoms with Crippen molar-refractivity contribution in [3.63, 3.8) is 0 Å². The fraction of sp³-hybridized carbons (Fsp3) is 0.636. The smallest absolute Gasteiger partial charge is 0.320 e. The van der Waals surface area contributed by atoms with Crippen LogP contribution in [0.1, 0.15) is 13.0 Å². The second-order valence-corrected chi connectivity index (χ2v) is 4.30. The molecule has 2 heterocycles. The van der Waals surface area contributed by atoms with Gasteiger partial charge in [-0.25, -0.2) is 0 Å². The number of carboxylic acid groups (broad SMARTS) is 1. The highest BCUT2D eigenvalue weighted by atomic mass is 16.5. The van der Waals surface area contributed by atoms with Crippen LogP contribution in [0, 0.1) is 0 Å². The molecule has 0 amide bonds. The van der Waals surface area contributed by atoms with Gasteiger partial charge in [0.25, 0.3) is 0 Å². The van der Waals surface area contributed by atoms with Crippen LogP contribution in [0.2, 0.25) is 0 Å². The van der Waals surface area contributed by atoms with Crippen molar-refractivity contribution in [1.82, 2.24) is 14.7 Å². The molecule has 0 aromatic carbocycles. The van der Waals surface area contributed by atoms with E-state index in [4.69, 9.17) is 9.84 Å². The standard InChI is InChI=1S/C11H17N3O3/c1-8(11(15)16)13-6-9(10(7-13)17-2)14-5-3-4-12-14/h3-5,8-10H,6-7H2,1-2H3,(H,15,16)/t8-,9-,10-/m1/s1. The summed E-state index contributed by atoms with van der Waals surface area (Å²) in [6.45, 7) is 2.96. The first-order valence-electron chi connectivity index (χ1n) is 5.62. The number of ether oxygens (including phenoxy) is 1. The summed E-state index contributed by atoms with van der Waals surface area (Å²) in [6, 6.07) is 1.45. The van der Waals surface area contributed by atoms with Crippen LogP contribution >= 0.6 is 0 Å². The normalized spacial score (nSPS) is 27.2. The van der Waals surface area contributed by atoms with Crippen LogP contribution < -0.4 is 0 Å². The van der Waals surface area contributed by atoms with Gasteiger partial charge >= 0.3 is 5.97 Å². The molecule has 1 fully saturated rings. The first-order chi connectivity index (χ1) is 8.13. The van der Waals surface area contributed by atoms with Crippen molar-refractivity contribution < 1.29 is 14.6 Å². The summed E-state index contributed by atoms with van der Waals surface area (Å²) in [5.74, 6) is -0.805. The highest BCUT2D eigenvalue weighted by molar-refractivity contribution is 5.72. The lowest BCUT2D eigenvalue weighted by molar-refractivity contribution is -0.142. The predicted octanol–water partition coefficient (Wildman–Crippen LogP) is 0.228. The van der Waals surface area contributed by atoms with E-state index < -0.39 is 12.0 Å². The molecule has 6 nitrogen and oxygen atoms in total. The van der Waals surface area contributed by atoms with Gasteiger partial charge in [0.1, 0.15) is 6.04 Å². The van der Waals surface area contributed by atoms with Gasteiger partial charge in [-0.1, -0.05) is 0 Å². The van der Waals surface area contributed by atoms with Gasteiger partial charge in [0.05, 0.1) is 12.1 Å². The molecule has 1 saturated heterocycles. The fourth-order valence-electron chi connectivity index (χ4n) is 2.22. The van der Waals surface area contributed by atoms with Crippen molar-refractivity contribution in [2.24, 2.45) is 0 Å². The van der Waals surface area contributed by atoms with Gasteiger partial charge in [-0.05, 0) is 13.0 Å². The number of hydrogen-bond donors (Lipinski definition) is 1. The molecule has 1 N–H and O–H groups in total. The number of hydrogen-bond acceptors (Lipinski definition) is 4. The minimum Gasteiger partial charge on any atom is -0.480 e. The van der Waals surface area contributed by atoms with Gasteiger partial charge in [-0.2, -0.15) is 5.10 Å². The first-order valence-corrected chi connectivity index (χ1v) is 5.62. The number of nitrogens with zero attached hydrogens (tertiary/aromatic N) is 3. The molecule has 17 heavy (non-hydrogen) atoms. The van der Waals surface area contributed by atoms with Gasteiger partial charge < -0.3 is 9.84 Å². The third-order valence-corrected chi connectivity index (χ3v) is 3.34. The van der Waals surface area contributed by atoms with Crippen molar-refractivity contribution in [1.29, 1.82) is 0 Å². The van der Waals surface area contributed by atoms with Crippen LogP contribution in [0.3, 0.4) is 0 Å². The summed E-state index contributed by atoms with van der Waals surface area (Å²) in [5, 5.41) is 13.2. The van der Waals surface area contributed by atoms with Gasteiger partial charge in [0.2, 0.25) is 0 Å². The van der Waals surface area contributed by atoms with Crippen LogP contribution in [0.4, 0.5) is 0 Å². The molecule has 1 aromatic heterocycles. The summed E-state index contributed by atoms with van der Waals surface area (Å²) in [4.78, 5) is 12.9. The van der Waals surface area contributed by atoms with E-state index in [9.17, 15) is 4.79 Å².